The van der Waals surface area contributed by atoms with Crippen LogP contribution in [0.2, 0.25) is 0 Å². The van der Waals surface area contributed by atoms with Crippen LogP contribution in [-0.4, -0.2) is 76.7 Å². The molecule has 9 nitrogen and oxygen atoms in total. The topological polar surface area (TPSA) is 92.8 Å². The molecule has 3 aliphatic rings. The number of methoxy groups -OCH3 is 1. The van der Waals surface area contributed by atoms with Gasteiger partial charge in [-0.2, -0.15) is 4.31 Å². The van der Waals surface area contributed by atoms with Crippen molar-refractivity contribution in [3.63, 3.8) is 0 Å². The summed E-state index contributed by atoms with van der Waals surface area (Å²) in [6.45, 7) is 2.52. The molecule has 3 aromatic rings. The highest BCUT2D eigenvalue weighted by atomic mass is 32.2. The van der Waals surface area contributed by atoms with Crippen LogP contribution in [0, 0.1) is 5.92 Å². The van der Waals surface area contributed by atoms with Crippen molar-refractivity contribution in [2.24, 2.45) is 20.0 Å². The summed E-state index contributed by atoms with van der Waals surface area (Å²) in [5, 5.41) is 11.7. The zero-order chi connectivity index (χ0) is 23.8. The van der Waals surface area contributed by atoms with E-state index in [2.05, 4.69) is 20.5 Å². The van der Waals surface area contributed by atoms with Gasteiger partial charge in [0.25, 0.3) is 10.0 Å². The second-order valence-corrected chi connectivity index (χ2v) is 12.1. The molecule has 2 fully saturated rings. The summed E-state index contributed by atoms with van der Waals surface area (Å²) in [5.74, 6) is 1.44. The van der Waals surface area contributed by atoms with Crippen molar-refractivity contribution in [2.45, 2.75) is 29.3 Å². The molecule has 4 heterocycles. The van der Waals surface area contributed by atoms with Gasteiger partial charge in [0.2, 0.25) is 0 Å². The Kier molecular flexibility index (Phi) is 4.90. The van der Waals surface area contributed by atoms with Gasteiger partial charge < -0.3 is 19.0 Å². The summed E-state index contributed by atoms with van der Waals surface area (Å²) >= 11 is 0. The van der Waals surface area contributed by atoms with E-state index in [1.165, 1.54) is 24.7 Å². The van der Waals surface area contributed by atoms with Crippen LogP contribution in [0.1, 0.15) is 30.1 Å². The summed E-state index contributed by atoms with van der Waals surface area (Å²) in [7, 11) is 1.81. The van der Waals surface area contributed by atoms with Crippen molar-refractivity contribution in [3.05, 3.63) is 42.0 Å². The van der Waals surface area contributed by atoms with Crippen molar-refractivity contribution in [3.8, 4) is 5.75 Å². The number of hydrogen-bond donors (Lipinski definition) is 1. The highest BCUT2D eigenvalue weighted by Gasteiger charge is 2.56. The monoisotopic (exact) mass is 485 g/mol. The van der Waals surface area contributed by atoms with Crippen LogP contribution in [0.15, 0.2) is 35.7 Å². The maximum atomic E-state index is 13.3. The first-order valence-corrected chi connectivity index (χ1v) is 13.2. The summed E-state index contributed by atoms with van der Waals surface area (Å²) in [4.78, 5) is 6.49. The molecule has 182 valence electrons. The van der Waals surface area contributed by atoms with Crippen molar-refractivity contribution in [1.82, 2.24) is 23.3 Å². The van der Waals surface area contributed by atoms with Crippen LogP contribution in [-0.2, 0) is 29.5 Å². The van der Waals surface area contributed by atoms with Gasteiger partial charge in [-0.15, -0.1) is 0 Å². The fraction of sp³-hybridized carbons (Fsp3) is 0.542. The molecule has 6 rings (SSSR count). The molecule has 34 heavy (non-hydrogen) atoms. The first-order chi connectivity index (χ1) is 16.3. The predicted octanol–water partition coefficient (Wildman–Crippen LogP) is 1.62. The molecule has 1 saturated carbocycles. The Bertz CT molecular complexity index is 1370. The molecule has 1 N–H and O–H groups in total. The lowest BCUT2D eigenvalue weighted by molar-refractivity contribution is 0.0263. The van der Waals surface area contributed by atoms with E-state index >= 15 is 0 Å². The molecule has 1 spiro atoms. The third-order valence-electron chi connectivity index (χ3n) is 7.85. The number of ether oxygens (including phenoxy) is 1. The second kappa shape index (κ2) is 7.55. The lowest BCUT2D eigenvalue weighted by atomic mass is 9.70. The van der Waals surface area contributed by atoms with Crippen LogP contribution in [0.3, 0.4) is 0 Å². The number of sulfonamides is 1. The first-order valence-electron chi connectivity index (χ1n) is 11.8. The molecule has 1 aromatic carbocycles. The van der Waals surface area contributed by atoms with Crippen LogP contribution >= 0.6 is 0 Å². The van der Waals surface area contributed by atoms with E-state index in [4.69, 9.17) is 4.74 Å². The van der Waals surface area contributed by atoms with Crippen LogP contribution in [0.25, 0.3) is 10.9 Å². The molecule has 0 bridgehead atoms. The van der Waals surface area contributed by atoms with Gasteiger partial charge in [0.1, 0.15) is 5.75 Å². The number of aryl methyl sites for hydroxylation is 2. The second-order valence-electron chi connectivity index (χ2n) is 10.2. The fourth-order valence-corrected chi connectivity index (χ4v) is 7.58. The van der Waals surface area contributed by atoms with Gasteiger partial charge in [0.15, 0.2) is 5.03 Å². The van der Waals surface area contributed by atoms with E-state index in [0.29, 0.717) is 19.0 Å². The standard InChI is InChI=1S/C24H31N5O4S/c1-26-10-21(25-15-26)34(31,32)29-13-24(14-29)12-28(9-16-4-5-16)20(11-30)23-22(24)18-7-6-17(33-3)8-19(18)27(23)2/h6-8,10,15-16,20,30H,4-5,9,11-14H2,1-3H3/t20-/m0/s1. The molecule has 2 aromatic heterocycles. The van der Waals surface area contributed by atoms with E-state index in [0.717, 1.165) is 35.4 Å². The largest absolute Gasteiger partial charge is 0.497 e. The van der Waals surface area contributed by atoms with Gasteiger partial charge in [0, 0.05) is 69.0 Å². The van der Waals surface area contributed by atoms with E-state index in [-0.39, 0.29) is 23.1 Å². The molecular weight excluding hydrogens is 454 g/mol. The number of nitrogens with zero attached hydrogens (tertiary/aromatic N) is 5. The minimum absolute atomic E-state index is 0.0348. The van der Waals surface area contributed by atoms with Crippen LogP contribution < -0.4 is 4.74 Å². The molecule has 10 heteroatoms. The average molecular weight is 486 g/mol. The number of fused-ring (bicyclic) bond motifs is 4. The third kappa shape index (κ3) is 3.16. The predicted molar refractivity (Wildman–Crippen MR) is 127 cm³/mol. The van der Waals surface area contributed by atoms with Gasteiger partial charge in [-0.25, -0.2) is 13.4 Å². The summed E-state index contributed by atoms with van der Waals surface area (Å²) in [5.41, 5.74) is 2.98. The highest BCUT2D eigenvalue weighted by Crippen LogP contribution is 2.51. The number of hydrogen-bond acceptors (Lipinski definition) is 6. The number of rotatable bonds is 6. The smallest absolute Gasteiger partial charge is 0.262 e. The Balaban J connectivity index is 1.46. The Labute approximate surface area is 199 Å². The fourth-order valence-electron chi connectivity index (χ4n) is 6.00. The maximum absolute atomic E-state index is 13.3. The SMILES string of the molecule is COc1ccc2c3c(n(C)c2c1)[C@H](CO)N(CC1CC1)CC31CN(S(=O)(=O)c2cn(C)cn2)C1. The quantitative estimate of drug-likeness (QED) is 0.571. The first kappa shape index (κ1) is 22.1. The van der Waals surface area contributed by atoms with Crippen molar-refractivity contribution < 1.29 is 18.3 Å². The lowest BCUT2D eigenvalue weighted by Crippen LogP contribution is -2.67. The van der Waals surface area contributed by atoms with E-state index in [1.807, 2.05) is 19.2 Å². The minimum Gasteiger partial charge on any atom is -0.497 e. The van der Waals surface area contributed by atoms with E-state index in [1.54, 1.807) is 29.2 Å². The third-order valence-corrected chi connectivity index (χ3v) is 9.53. The van der Waals surface area contributed by atoms with Gasteiger partial charge in [-0.3, -0.25) is 4.90 Å². The summed E-state index contributed by atoms with van der Waals surface area (Å²) in [6.07, 6.45) is 5.52. The van der Waals surface area contributed by atoms with E-state index < -0.39 is 10.0 Å². The van der Waals surface area contributed by atoms with Gasteiger partial charge in [0.05, 0.1) is 31.6 Å². The van der Waals surface area contributed by atoms with Crippen molar-refractivity contribution >= 4 is 20.9 Å². The van der Waals surface area contributed by atoms with Gasteiger partial charge >= 0.3 is 0 Å². The van der Waals surface area contributed by atoms with E-state index in [9.17, 15) is 13.5 Å². The molecular formula is C24H31N5O4S. The zero-order valence-corrected chi connectivity index (χ0v) is 20.6. The highest BCUT2D eigenvalue weighted by molar-refractivity contribution is 7.89. The minimum atomic E-state index is -3.66. The maximum Gasteiger partial charge on any atom is 0.262 e. The number of aromatic nitrogens is 3. The number of benzene rings is 1. The molecule has 1 saturated heterocycles. The Morgan fingerprint density at radius 2 is 1.97 bits per heavy atom. The molecule has 1 aliphatic carbocycles. The molecule has 1 atom stereocenters. The Morgan fingerprint density at radius 1 is 1.21 bits per heavy atom. The summed E-state index contributed by atoms with van der Waals surface area (Å²) < 4.78 is 37.4. The molecule has 0 unspecified atom stereocenters. The van der Waals surface area contributed by atoms with Crippen LogP contribution in [0.5, 0.6) is 5.75 Å². The van der Waals surface area contributed by atoms with Gasteiger partial charge in [-0.05, 0) is 36.5 Å². The number of imidazole rings is 1. The van der Waals surface area contributed by atoms with Crippen molar-refractivity contribution in [1.29, 1.82) is 0 Å². The Hall–Kier alpha value is -2.40. The Morgan fingerprint density at radius 3 is 2.59 bits per heavy atom. The van der Waals surface area contributed by atoms with Crippen LogP contribution in [0.4, 0.5) is 0 Å². The number of aliphatic hydroxyl groups excluding tert-OH is 1. The van der Waals surface area contributed by atoms with Gasteiger partial charge in [-0.1, -0.05) is 0 Å². The summed E-state index contributed by atoms with van der Waals surface area (Å²) in [6, 6.07) is 5.96. The van der Waals surface area contributed by atoms with Crippen molar-refractivity contribution in [2.75, 3.05) is 39.9 Å². The lowest BCUT2D eigenvalue weighted by Gasteiger charge is -2.55. The normalized spacial score (nSPS) is 22.8. The number of aliphatic hydroxyl groups is 1. The average Bonchev–Trinajstić information content (AvgIpc) is 3.42. The zero-order valence-electron chi connectivity index (χ0n) is 19.8. The molecule has 0 amide bonds. The molecule has 0 radical (unpaired) electrons. The molecule has 2 aliphatic heterocycles.